The zero-order chi connectivity index (χ0) is 19.3. The summed E-state index contributed by atoms with van der Waals surface area (Å²) in [5.74, 6) is 0.935. The maximum Gasteiger partial charge on any atom is 0.257 e. The third-order valence-electron chi connectivity index (χ3n) is 3.90. The molecule has 0 N–H and O–H groups in total. The van der Waals surface area contributed by atoms with Crippen molar-refractivity contribution in [3.63, 3.8) is 0 Å². The largest absolute Gasteiger partial charge is 0.337 e. The Balaban J connectivity index is 1.44. The normalized spacial score (nSPS) is 10.6. The van der Waals surface area contributed by atoms with E-state index >= 15 is 0 Å². The smallest absolute Gasteiger partial charge is 0.257 e. The summed E-state index contributed by atoms with van der Waals surface area (Å²) in [6.07, 6.45) is 7.96. The van der Waals surface area contributed by atoms with Crippen LogP contribution in [-0.2, 0) is 6.54 Å². The van der Waals surface area contributed by atoms with E-state index in [0.717, 1.165) is 5.56 Å². The summed E-state index contributed by atoms with van der Waals surface area (Å²) in [4.78, 5) is 35.0. The van der Waals surface area contributed by atoms with Crippen LogP contribution in [0.25, 0.3) is 22.9 Å². The molecule has 0 bridgehead atoms. The molecule has 9 heteroatoms. The summed E-state index contributed by atoms with van der Waals surface area (Å²) in [6, 6.07) is 9.08. The van der Waals surface area contributed by atoms with E-state index in [2.05, 4.69) is 30.1 Å². The highest BCUT2D eigenvalue weighted by Gasteiger charge is 2.17. The fraction of sp³-hybridized carbons (Fsp3) is 0.105. The number of rotatable bonds is 5. The van der Waals surface area contributed by atoms with Gasteiger partial charge in [0.15, 0.2) is 5.82 Å². The fourth-order valence-electron chi connectivity index (χ4n) is 2.50. The van der Waals surface area contributed by atoms with Gasteiger partial charge in [0, 0.05) is 43.6 Å². The van der Waals surface area contributed by atoms with Crippen LogP contribution in [0.15, 0.2) is 65.8 Å². The predicted molar refractivity (Wildman–Crippen MR) is 98.6 cm³/mol. The molecule has 0 saturated carbocycles. The molecule has 4 aromatic heterocycles. The molecule has 138 valence electrons. The summed E-state index contributed by atoms with van der Waals surface area (Å²) in [5.41, 5.74) is 1.74. The molecule has 0 unspecified atom stereocenters. The lowest BCUT2D eigenvalue weighted by molar-refractivity contribution is 0.0768. The molecule has 0 fully saturated rings. The lowest BCUT2D eigenvalue weighted by Gasteiger charge is -2.14. The van der Waals surface area contributed by atoms with Crippen LogP contribution in [0.2, 0.25) is 0 Å². The number of pyridine rings is 2. The molecule has 0 atom stereocenters. The fourth-order valence-corrected chi connectivity index (χ4v) is 2.50. The maximum absolute atomic E-state index is 12.6. The molecule has 0 radical (unpaired) electrons. The first kappa shape index (κ1) is 17.4. The molecule has 0 spiro atoms. The van der Waals surface area contributed by atoms with E-state index in [9.17, 15) is 4.79 Å². The van der Waals surface area contributed by atoms with Crippen molar-refractivity contribution in [2.75, 3.05) is 7.05 Å². The molecule has 4 heterocycles. The second-order valence-electron chi connectivity index (χ2n) is 5.92. The van der Waals surface area contributed by atoms with E-state index in [-0.39, 0.29) is 12.5 Å². The van der Waals surface area contributed by atoms with Gasteiger partial charge in [-0.2, -0.15) is 4.98 Å². The topological polar surface area (TPSA) is 111 Å². The van der Waals surface area contributed by atoms with E-state index in [1.54, 1.807) is 43.8 Å². The Labute approximate surface area is 160 Å². The van der Waals surface area contributed by atoms with Crippen molar-refractivity contribution in [3.05, 3.63) is 72.8 Å². The van der Waals surface area contributed by atoms with E-state index in [0.29, 0.717) is 28.8 Å². The molecule has 0 aromatic carbocycles. The molecule has 9 nitrogen and oxygen atoms in total. The average molecular weight is 373 g/mol. The van der Waals surface area contributed by atoms with Crippen LogP contribution in [0.1, 0.15) is 16.2 Å². The highest BCUT2D eigenvalue weighted by atomic mass is 16.5. The Bertz CT molecular complexity index is 1070. The molecular weight excluding hydrogens is 358 g/mol. The van der Waals surface area contributed by atoms with Gasteiger partial charge in [-0.15, -0.1) is 0 Å². The summed E-state index contributed by atoms with van der Waals surface area (Å²) in [7, 11) is 1.64. The van der Waals surface area contributed by atoms with Crippen LogP contribution in [0.3, 0.4) is 0 Å². The second-order valence-corrected chi connectivity index (χ2v) is 5.92. The highest BCUT2D eigenvalue weighted by Crippen LogP contribution is 2.15. The molecule has 4 aromatic rings. The second kappa shape index (κ2) is 7.70. The van der Waals surface area contributed by atoms with Crippen molar-refractivity contribution in [1.82, 2.24) is 35.0 Å². The Kier molecular flexibility index (Phi) is 4.79. The zero-order valence-corrected chi connectivity index (χ0v) is 14.9. The van der Waals surface area contributed by atoms with Crippen molar-refractivity contribution < 1.29 is 9.32 Å². The SMILES string of the molecule is CN(Cc1nc(-c2ccccn2)no1)C(=O)c1cnc(-c2cccnc2)nc1. The van der Waals surface area contributed by atoms with Crippen molar-refractivity contribution in [3.8, 4) is 22.9 Å². The average Bonchev–Trinajstić information content (AvgIpc) is 3.23. The van der Waals surface area contributed by atoms with Gasteiger partial charge in [0.25, 0.3) is 5.91 Å². The molecule has 0 aliphatic heterocycles. The Morgan fingerprint density at radius 1 is 1.00 bits per heavy atom. The first-order valence-electron chi connectivity index (χ1n) is 8.42. The summed E-state index contributed by atoms with van der Waals surface area (Å²) < 4.78 is 5.22. The van der Waals surface area contributed by atoms with E-state index < -0.39 is 0 Å². The quantitative estimate of drug-likeness (QED) is 0.524. The first-order chi connectivity index (χ1) is 13.7. The molecule has 4 rings (SSSR count). The highest BCUT2D eigenvalue weighted by molar-refractivity contribution is 5.93. The summed E-state index contributed by atoms with van der Waals surface area (Å²) >= 11 is 0. The van der Waals surface area contributed by atoms with Gasteiger partial charge >= 0.3 is 0 Å². The third-order valence-corrected chi connectivity index (χ3v) is 3.90. The third kappa shape index (κ3) is 3.73. The minimum Gasteiger partial charge on any atom is -0.337 e. The van der Waals surface area contributed by atoms with Gasteiger partial charge in [-0.25, -0.2) is 9.97 Å². The number of nitrogens with zero attached hydrogens (tertiary/aromatic N) is 7. The predicted octanol–water partition coefficient (Wildman–Crippen LogP) is 2.26. The minimum absolute atomic E-state index is 0.156. The van der Waals surface area contributed by atoms with Crippen molar-refractivity contribution in [2.24, 2.45) is 0 Å². The lowest BCUT2D eigenvalue weighted by atomic mass is 10.2. The maximum atomic E-state index is 12.6. The van der Waals surface area contributed by atoms with Gasteiger partial charge in [-0.1, -0.05) is 11.2 Å². The number of carbonyl (C=O) groups excluding carboxylic acids is 1. The molecule has 0 aliphatic carbocycles. The van der Waals surface area contributed by atoms with Crippen molar-refractivity contribution in [1.29, 1.82) is 0 Å². The number of hydrogen-bond donors (Lipinski definition) is 0. The molecular formula is C19H15N7O2. The van der Waals surface area contributed by atoms with Crippen LogP contribution in [0, 0.1) is 0 Å². The Morgan fingerprint density at radius 3 is 2.57 bits per heavy atom. The number of hydrogen-bond acceptors (Lipinski definition) is 8. The van der Waals surface area contributed by atoms with Crippen LogP contribution in [0.4, 0.5) is 0 Å². The monoisotopic (exact) mass is 373 g/mol. The molecule has 0 saturated heterocycles. The Hall–Kier alpha value is -4.01. The first-order valence-corrected chi connectivity index (χ1v) is 8.42. The van der Waals surface area contributed by atoms with Crippen LogP contribution in [0.5, 0.6) is 0 Å². The Morgan fingerprint density at radius 2 is 1.86 bits per heavy atom. The van der Waals surface area contributed by atoms with Crippen LogP contribution >= 0.6 is 0 Å². The van der Waals surface area contributed by atoms with Crippen molar-refractivity contribution >= 4 is 5.91 Å². The zero-order valence-electron chi connectivity index (χ0n) is 14.9. The van der Waals surface area contributed by atoms with Gasteiger partial charge in [-0.05, 0) is 24.3 Å². The van der Waals surface area contributed by atoms with E-state index in [1.807, 2.05) is 12.1 Å². The summed E-state index contributed by atoms with van der Waals surface area (Å²) in [6.45, 7) is 0.156. The lowest BCUT2D eigenvalue weighted by Crippen LogP contribution is -2.26. The number of carbonyl (C=O) groups is 1. The van der Waals surface area contributed by atoms with Crippen LogP contribution < -0.4 is 0 Å². The molecule has 28 heavy (non-hydrogen) atoms. The van der Waals surface area contributed by atoms with E-state index in [1.165, 1.54) is 17.3 Å². The molecule has 1 amide bonds. The molecule has 0 aliphatic rings. The van der Waals surface area contributed by atoms with Gasteiger partial charge in [0.05, 0.1) is 5.56 Å². The van der Waals surface area contributed by atoms with Gasteiger partial charge in [0.2, 0.25) is 11.7 Å². The van der Waals surface area contributed by atoms with Gasteiger partial charge < -0.3 is 9.42 Å². The number of amides is 1. The standard InChI is InChI=1S/C19H15N7O2/c1-26(12-16-24-18(25-28-16)15-6-2-3-8-21-15)19(27)14-10-22-17(23-11-14)13-5-4-7-20-9-13/h2-11H,12H2,1H3. The number of aromatic nitrogens is 6. The minimum atomic E-state index is -0.254. The van der Waals surface area contributed by atoms with Gasteiger partial charge in [0.1, 0.15) is 12.2 Å². The van der Waals surface area contributed by atoms with Crippen LogP contribution in [-0.4, -0.2) is 47.9 Å². The van der Waals surface area contributed by atoms with E-state index in [4.69, 9.17) is 4.52 Å². The van der Waals surface area contributed by atoms with Gasteiger partial charge in [-0.3, -0.25) is 14.8 Å². The van der Waals surface area contributed by atoms with Crippen molar-refractivity contribution in [2.45, 2.75) is 6.54 Å². The summed E-state index contributed by atoms with van der Waals surface area (Å²) in [5, 5.41) is 3.90.